The standard InChI is InChI=1S/3C10H21O.Al/c3*1-6-7-10(11,8(2)3)9(4)5;/h3*8-9H,6-7H2,1-5H3;/q3*-1;+3. The quantitative estimate of drug-likeness (QED) is 0.300. The molecule has 0 aliphatic rings. The van der Waals surface area contributed by atoms with Crippen LogP contribution in [0, 0.1) is 35.5 Å². The average Bonchev–Trinajstić information content (AvgIpc) is 2.68. The van der Waals surface area contributed by atoms with Crippen LogP contribution in [0.3, 0.4) is 0 Å². The zero-order valence-electron chi connectivity index (χ0n) is 26.0. The second-order valence-electron chi connectivity index (χ2n) is 12.0. The summed E-state index contributed by atoms with van der Waals surface area (Å²) in [4.78, 5) is 0. The van der Waals surface area contributed by atoms with Gasteiger partial charge in [-0.3, -0.25) is 0 Å². The van der Waals surface area contributed by atoms with Gasteiger partial charge in [-0.05, 0) is 0 Å². The van der Waals surface area contributed by atoms with Crippen LogP contribution >= 0.6 is 0 Å². The van der Waals surface area contributed by atoms with Gasteiger partial charge in [-0.1, -0.05) is 178 Å². The molecule has 0 saturated heterocycles. The molecule has 0 aromatic heterocycles. The van der Waals surface area contributed by atoms with Crippen LogP contribution in [-0.4, -0.2) is 34.2 Å². The van der Waals surface area contributed by atoms with Gasteiger partial charge in [0.05, 0.1) is 0 Å². The van der Waals surface area contributed by atoms with Crippen LogP contribution in [0.1, 0.15) is 142 Å². The number of hydrogen-bond donors (Lipinski definition) is 0. The van der Waals surface area contributed by atoms with Gasteiger partial charge in [-0.2, -0.15) is 0 Å². The summed E-state index contributed by atoms with van der Waals surface area (Å²) >= 11 is 0. The van der Waals surface area contributed by atoms with Crippen molar-refractivity contribution in [2.24, 2.45) is 35.5 Å². The van der Waals surface area contributed by atoms with E-state index in [-0.39, 0.29) is 52.9 Å². The summed E-state index contributed by atoms with van der Waals surface area (Å²) in [5, 5.41) is 36.3. The van der Waals surface area contributed by atoms with Crippen LogP contribution < -0.4 is 15.3 Å². The second kappa shape index (κ2) is 19.5. The normalized spacial score (nSPS) is 12.7. The topological polar surface area (TPSA) is 69.2 Å². The van der Waals surface area contributed by atoms with E-state index >= 15 is 0 Å². The Hall–Kier alpha value is 0.412. The Morgan fingerprint density at radius 3 is 0.529 bits per heavy atom. The van der Waals surface area contributed by atoms with E-state index in [1.165, 1.54) is 0 Å². The molecular formula is C30H63AlO3. The molecule has 0 saturated carbocycles. The van der Waals surface area contributed by atoms with Crippen LogP contribution in [0.2, 0.25) is 0 Å². The van der Waals surface area contributed by atoms with Crippen molar-refractivity contribution in [1.29, 1.82) is 0 Å². The number of rotatable bonds is 12. The van der Waals surface area contributed by atoms with Gasteiger partial charge in [0, 0.05) is 0 Å². The molecule has 34 heavy (non-hydrogen) atoms. The van der Waals surface area contributed by atoms with Gasteiger partial charge >= 0.3 is 17.4 Å². The summed E-state index contributed by atoms with van der Waals surface area (Å²) in [6.07, 6.45) is 5.42. The fraction of sp³-hybridized carbons (Fsp3) is 1.00. The second-order valence-corrected chi connectivity index (χ2v) is 12.0. The molecule has 0 amide bonds. The Morgan fingerprint density at radius 2 is 0.500 bits per heavy atom. The first-order valence-electron chi connectivity index (χ1n) is 14.0. The molecule has 0 bridgehead atoms. The van der Waals surface area contributed by atoms with Crippen molar-refractivity contribution in [3.05, 3.63) is 0 Å². The molecule has 0 spiro atoms. The molecule has 0 rings (SSSR count). The molecule has 0 N–H and O–H groups in total. The molecule has 0 fully saturated rings. The maximum absolute atomic E-state index is 12.1. The van der Waals surface area contributed by atoms with Crippen molar-refractivity contribution in [2.75, 3.05) is 0 Å². The van der Waals surface area contributed by atoms with Crippen LogP contribution in [0.5, 0.6) is 0 Å². The Bertz CT molecular complexity index is 365. The van der Waals surface area contributed by atoms with Crippen molar-refractivity contribution < 1.29 is 15.3 Å². The van der Waals surface area contributed by atoms with Gasteiger partial charge in [-0.15, -0.1) is 16.8 Å². The Labute approximate surface area is 227 Å². The molecule has 0 radical (unpaired) electrons. The average molecular weight is 499 g/mol. The summed E-state index contributed by atoms with van der Waals surface area (Å²) in [7, 11) is 0. The smallest absolute Gasteiger partial charge is 0.849 e. The van der Waals surface area contributed by atoms with Gasteiger partial charge in [0.1, 0.15) is 0 Å². The zero-order chi connectivity index (χ0) is 27.2. The molecule has 0 aliphatic carbocycles. The molecule has 0 unspecified atom stereocenters. The van der Waals surface area contributed by atoms with Gasteiger partial charge < -0.3 is 15.3 Å². The van der Waals surface area contributed by atoms with E-state index in [4.69, 9.17) is 0 Å². The Balaban J connectivity index is -0.000000196. The van der Waals surface area contributed by atoms with Crippen molar-refractivity contribution in [3.8, 4) is 0 Å². The molecular weight excluding hydrogens is 435 g/mol. The minimum Gasteiger partial charge on any atom is -0.849 e. The maximum Gasteiger partial charge on any atom is 3.00 e. The third-order valence-electron chi connectivity index (χ3n) is 7.79. The van der Waals surface area contributed by atoms with E-state index < -0.39 is 16.8 Å². The van der Waals surface area contributed by atoms with Gasteiger partial charge in [0.15, 0.2) is 0 Å². The van der Waals surface area contributed by atoms with Crippen molar-refractivity contribution in [1.82, 2.24) is 0 Å². The van der Waals surface area contributed by atoms with Crippen molar-refractivity contribution >= 4 is 17.4 Å². The minimum atomic E-state index is -0.700. The van der Waals surface area contributed by atoms with E-state index in [1.807, 2.05) is 83.1 Å². The summed E-state index contributed by atoms with van der Waals surface area (Å²) in [5.41, 5.74) is -2.10. The monoisotopic (exact) mass is 498 g/mol. The third-order valence-corrected chi connectivity index (χ3v) is 7.79. The summed E-state index contributed by atoms with van der Waals surface area (Å²) < 4.78 is 0. The molecule has 0 aliphatic heterocycles. The largest absolute Gasteiger partial charge is 3.00 e. The van der Waals surface area contributed by atoms with Crippen LogP contribution in [0.25, 0.3) is 0 Å². The zero-order valence-corrected chi connectivity index (χ0v) is 27.2. The van der Waals surface area contributed by atoms with Crippen molar-refractivity contribution in [2.45, 2.75) is 159 Å². The van der Waals surface area contributed by atoms with Gasteiger partial charge in [0.2, 0.25) is 0 Å². The molecule has 3 nitrogen and oxygen atoms in total. The van der Waals surface area contributed by atoms with E-state index in [0.29, 0.717) is 0 Å². The molecule has 0 heterocycles. The Kier molecular flexibility index (Phi) is 23.8. The molecule has 204 valence electrons. The Morgan fingerprint density at radius 1 is 0.382 bits per heavy atom. The SMILES string of the molecule is CCCC([O-])(C(C)C)C(C)C.CCCC([O-])(C(C)C)C(C)C.CCCC([O-])(C(C)C)C(C)C.[Al+3]. The molecule has 0 atom stereocenters. The van der Waals surface area contributed by atoms with Crippen LogP contribution in [0.4, 0.5) is 0 Å². The first-order valence-corrected chi connectivity index (χ1v) is 14.0. The van der Waals surface area contributed by atoms with Crippen LogP contribution in [0.15, 0.2) is 0 Å². The van der Waals surface area contributed by atoms with E-state index in [0.717, 1.165) is 38.5 Å². The van der Waals surface area contributed by atoms with Gasteiger partial charge in [0.25, 0.3) is 0 Å². The predicted octanol–water partition coefficient (Wildman–Crippen LogP) is 6.21. The fourth-order valence-electron chi connectivity index (χ4n) is 4.90. The van der Waals surface area contributed by atoms with Crippen LogP contribution in [-0.2, 0) is 0 Å². The first kappa shape index (κ1) is 41.5. The minimum absolute atomic E-state index is 0. The predicted molar refractivity (Wildman–Crippen MR) is 148 cm³/mol. The summed E-state index contributed by atoms with van der Waals surface area (Å²) in [5.74, 6) is 1.51. The molecule has 4 heteroatoms. The molecule has 0 aromatic rings. The fourth-order valence-corrected chi connectivity index (χ4v) is 4.90. The third kappa shape index (κ3) is 13.6. The molecule has 0 aromatic carbocycles. The van der Waals surface area contributed by atoms with E-state index in [2.05, 4.69) is 20.8 Å². The van der Waals surface area contributed by atoms with Gasteiger partial charge in [-0.25, -0.2) is 0 Å². The number of hydrogen-bond acceptors (Lipinski definition) is 3. The van der Waals surface area contributed by atoms with Crippen molar-refractivity contribution in [3.63, 3.8) is 0 Å². The summed E-state index contributed by atoms with van der Waals surface area (Å²) in [6, 6.07) is 0. The van der Waals surface area contributed by atoms with E-state index in [1.54, 1.807) is 0 Å². The van der Waals surface area contributed by atoms with E-state index in [9.17, 15) is 15.3 Å². The first-order chi connectivity index (χ1) is 14.8. The maximum atomic E-state index is 12.1. The summed E-state index contributed by atoms with van der Waals surface area (Å²) in [6.45, 7) is 30.6.